The average molecular weight is 258 g/mol. The molecule has 0 atom stereocenters. The van der Waals surface area contributed by atoms with Crippen molar-refractivity contribution in [1.82, 2.24) is 6.15 Å². The van der Waals surface area contributed by atoms with E-state index < -0.39 is 11.7 Å². The van der Waals surface area contributed by atoms with Crippen molar-refractivity contribution >= 4 is 5.97 Å². The van der Waals surface area contributed by atoms with E-state index in [1.54, 1.807) is 0 Å². The van der Waals surface area contributed by atoms with Crippen LogP contribution in [0.4, 0.5) is 0 Å². The van der Waals surface area contributed by atoms with E-state index in [0.29, 0.717) is 0 Å². The average Bonchev–Trinajstić information content (AvgIpc) is 1.88. The van der Waals surface area contributed by atoms with Crippen molar-refractivity contribution in [3.8, 4) is 5.75 Å². The summed E-state index contributed by atoms with van der Waals surface area (Å²) in [6.07, 6.45) is 0. The summed E-state index contributed by atoms with van der Waals surface area (Å²) in [6, 6.07) is 5.54. The molecule has 6 heteroatoms. The van der Waals surface area contributed by atoms with E-state index in [-0.39, 0.29) is 58.3 Å². The zero-order chi connectivity index (χ0) is 7.56. The molecule has 5 N–H and O–H groups in total. The molecule has 68 valence electrons. The molecule has 1 aromatic rings. The van der Waals surface area contributed by atoms with Crippen LogP contribution in [0.5, 0.6) is 5.75 Å². The van der Waals surface area contributed by atoms with Gasteiger partial charge in [-0.2, -0.15) is 0 Å². The fraction of sp³-hybridized carbons (Fsp3) is 0. The van der Waals surface area contributed by atoms with Crippen LogP contribution < -0.4 is 57.8 Å². The minimum atomic E-state index is -1.18. The Hall–Kier alpha value is -0.0700. The van der Waals surface area contributed by atoms with E-state index in [4.69, 9.17) is 5.11 Å². The first-order chi connectivity index (χ1) is 4.72. The summed E-state index contributed by atoms with van der Waals surface area (Å²) in [7, 11) is 0. The molecular formula is C7H9BrNNaO3. The maximum absolute atomic E-state index is 10.7. The summed E-state index contributed by atoms with van der Waals surface area (Å²) in [4.78, 5) is 10.2. The van der Waals surface area contributed by atoms with Gasteiger partial charge in [-0.05, 0) is 6.07 Å². The Bertz CT molecular complexity index is 270. The number of aromatic carboxylic acids is 1. The molecule has 0 spiro atoms. The van der Waals surface area contributed by atoms with Gasteiger partial charge < -0.3 is 33.3 Å². The number of halogens is 1. The number of carboxylic acids is 1. The number of quaternary nitrogens is 1. The van der Waals surface area contributed by atoms with Crippen LogP contribution in [0, 0.1) is 0 Å². The van der Waals surface area contributed by atoms with E-state index in [0.717, 1.165) is 0 Å². The van der Waals surface area contributed by atoms with Gasteiger partial charge in [0.15, 0.2) is 0 Å². The zero-order valence-electron chi connectivity index (χ0n) is 7.45. The molecule has 0 amide bonds. The van der Waals surface area contributed by atoms with Gasteiger partial charge in [0.25, 0.3) is 0 Å². The van der Waals surface area contributed by atoms with Crippen LogP contribution in [0.2, 0.25) is 0 Å². The molecule has 0 radical (unpaired) electrons. The van der Waals surface area contributed by atoms with Crippen LogP contribution in [0.25, 0.3) is 0 Å². The number of benzene rings is 1. The van der Waals surface area contributed by atoms with Crippen molar-refractivity contribution in [2.45, 2.75) is 0 Å². The van der Waals surface area contributed by atoms with Gasteiger partial charge in [-0.3, -0.25) is 0 Å². The van der Waals surface area contributed by atoms with Crippen molar-refractivity contribution in [3.63, 3.8) is 0 Å². The molecule has 0 fully saturated rings. The van der Waals surface area contributed by atoms with Crippen molar-refractivity contribution in [1.29, 1.82) is 0 Å². The molecule has 0 aromatic heterocycles. The minimum Gasteiger partial charge on any atom is -1.00 e. The van der Waals surface area contributed by atoms with Gasteiger partial charge in [0.1, 0.15) is 0 Å². The molecule has 0 saturated heterocycles. The summed E-state index contributed by atoms with van der Waals surface area (Å²) in [5, 5.41) is 19.0. The van der Waals surface area contributed by atoms with Gasteiger partial charge in [-0.15, -0.1) is 0 Å². The Labute approximate surface area is 109 Å². The first kappa shape index (κ1) is 18.7. The van der Waals surface area contributed by atoms with Crippen LogP contribution in [0.15, 0.2) is 24.3 Å². The Morgan fingerprint density at radius 1 is 1.31 bits per heavy atom. The largest absolute Gasteiger partial charge is 1.00 e. The van der Waals surface area contributed by atoms with Crippen LogP contribution >= 0.6 is 0 Å². The third-order valence-electron chi connectivity index (χ3n) is 1.12. The van der Waals surface area contributed by atoms with E-state index in [1.807, 2.05) is 0 Å². The minimum absolute atomic E-state index is 0. The maximum atomic E-state index is 10.7. The van der Waals surface area contributed by atoms with Crippen LogP contribution in [-0.4, -0.2) is 11.1 Å². The van der Waals surface area contributed by atoms with E-state index in [9.17, 15) is 9.90 Å². The molecule has 0 aliphatic carbocycles. The summed E-state index contributed by atoms with van der Waals surface area (Å²) in [5.41, 5.74) is -0.178. The predicted octanol–water partition coefficient (Wildman–Crippen LogP) is -5.16. The quantitative estimate of drug-likeness (QED) is 0.493. The first-order valence-corrected chi connectivity index (χ1v) is 2.71. The Morgan fingerprint density at radius 2 is 1.77 bits per heavy atom. The van der Waals surface area contributed by atoms with Gasteiger partial charge in [-0.25, -0.2) is 4.79 Å². The van der Waals surface area contributed by atoms with Gasteiger partial charge >= 0.3 is 35.5 Å². The van der Waals surface area contributed by atoms with E-state index in [2.05, 4.69) is 0 Å². The second-order valence-corrected chi connectivity index (χ2v) is 1.80. The third kappa shape index (κ3) is 5.28. The molecule has 4 nitrogen and oxygen atoms in total. The molecule has 1 aromatic carbocycles. The fourth-order valence-corrected chi connectivity index (χ4v) is 0.643. The molecule has 0 unspecified atom stereocenters. The van der Waals surface area contributed by atoms with Gasteiger partial charge in [0, 0.05) is 0 Å². The van der Waals surface area contributed by atoms with Crippen molar-refractivity contribution < 1.29 is 61.5 Å². The van der Waals surface area contributed by atoms with Crippen molar-refractivity contribution in [3.05, 3.63) is 29.8 Å². The SMILES string of the molecule is O=C(O)c1ccccc1[O-].[Br-].[NH4+].[Na+]. The number of hydrogen-bond donors (Lipinski definition) is 2. The summed E-state index contributed by atoms with van der Waals surface area (Å²) in [6.45, 7) is 0. The Kier molecular flexibility index (Phi) is 12.2. The third-order valence-corrected chi connectivity index (χ3v) is 1.12. The smallest absolute Gasteiger partial charge is 1.00 e. The summed E-state index contributed by atoms with van der Waals surface area (Å²) in [5.74, 6) is -1.62. The summed E-state index contributed by atoms with van der Waals surface area (Å²) < 4.78 is 0. The van der Waals surface area contributed by atoms with Gasteiger partial charge in [-0.1, -0.05) is 23.9 Å². The number of carbonyl (C=O) groups is 1. The van der Waals surface area contributed by atoms with E-state index in [1.165, 1.54) is 24.3 Å². The van der Waals surface area contributed by atoms with Crippen LogP contribution in [0.1, 0.15) is 10.4 Å². The molecule has 13 heavy (non-hydrogen) atoms. The van der Waals surface area contributed by atoms with Crippen molar-refractivity contribution in [2.24, 2.45) is 0 Å². The normalized spacial score (nSPS) is 7.08. The summed E-state index contributed by atoms with van der Waals surface area (Å²) >= 11 is 0. The van der Waals surface area contributed by atoms with E-state index >= 15 is 0 Å². The maximum Gasteiger partial charge on any atom is 1.00 e. The van der Waals surface area contributed by atoms with Gasteiger partial charge in [0.05, 0.1) is 5.56 Å². The number of hydrogen-bond acceptors (Lipinski definition) is 2. The number of carboxylic acid groups (broad SMARTS) is 1. The number of rotatable bonds is 1. The standard InChI is InChI=1S/C7H6O3.BrH.H3N.Na/c8-6-4-2-1-3-5(6)7(9)10;;;/h1-4,8H,(H,9,10);1H;1H3;/q;;;+1/p-1. The molecule has 0 aliphatic heterocycles. The van der Waals surface area contributed by atoms with Crippen molar-refractivity contribution in [2.75, 3.05) is 0 Å². The van der Waals surface area contributed by atoms with Gasteiger partial charge in [0.2, 0.25) is 0 Å². The molecule has 0 aliphatic rings. The molecular weight excluding hydrogens is 249 g/mol. The molecule has 0 saturated carbocycles. The first-order valence-electron chi connectivity index (χ1n) is 2.71. The monoisotopic (exact) mass is 257 g/mol. The number of para-hydroxylation sites is 1. The molecule has 0 heterocycles. The fourth-order valence-electron chi connectivity index (χ4n) is 0.643. The van der Waals surface area contributed by atoms with Crippen LogP contribution in [-0.2, 0) is 0 Å². The Morgan fingerprint density at radius 3 is 2.08 bits per heavy atom. The predicted molar refractivity (Wildman–Crippen MR) is 38.8 cm³/mol. The molecule has 1 rings (SSSR count). The van der Waals surface area contributed by atoms with Crippen LogP contribution in [0.3, 0.4) is 0 Å². The zero-order valence-corrected chi connectivity index (χ0v) is 11.0. The Balaban J connectivity index is -0.000000333. The molecule has 0 bridgehead atoms. The second kappa shape index (κ2) is 8.52. The second-order valence-electron chi connectivity index (χ2n) is 1.80. The topological polar surface area (TPSA) is 96.9 Å².